The maximum absolute atomic E-state index is 12.2. The Kier molecular flexibility index (Phi) is 4.29. The van der Waals surface area contributed by atoms with Crippen LogP contribution in [0.25, 0.3) is 10.8 Å². The summed E-state index contributed by atoms with van der Waals surface area (Å²) in [4.78, 5) is 12.2. The Hall–Kier alpha value is -2.03. The molecule has 2 aromatic carbocycles. The SMILES string of the molecule is O=C(Oc1cccc2ccccc12)[C@H]1O[C@@H](O)[C@H](O)[C@@H](O)[C@@H]1O. The average Bonchev–Trinajstić information content (AvgIpc) is 2.56. The van der Waals surface area contributed by atoms with Crippen LogP contribution in [0, 0.1) is 0 Å². The minimum absolute atomic E-state index is 0.263. The Morgan fingerprint density at radius 2 is 1.61 bits per heavy atom. The van der Waals surface area contributed by atoms with E-state index in [4.69, 9.17) is 9.47 Å². The lowest BCUT2D eigenvalue weighted by atomic mass is 9.99. The van der Waals surface area contributed by atoms with Gasteiger partial charge in [-0.2, -0.15) is 0 Å². The first kappa shape index (κ1) is 15.9. The van der Waals surface area contributed by atoms with Gasteiger partial charge in [0.1, 0.15) is 24.1 Å². The van der Waals surface area contributed by atoms with Gasteiger partial charge < -0.3 is 29.9 Å². The lowest BCUT2D eigenvalue weighted by Crippen LogP contribution is -2.60. The van der Waals surface area contributed by atoms with Gasteiger partial charge in [-0.1, -0.05) is 36.4 Å². The van der Waals surface area contributed by atoms with E-state index in [-0.39, 0.29) is 5.75 Å². The van der Waals surface area contributed by atoms with Gasteiger partial charge in [0.15, 0.2) is 12.4 Å². The topological polar surface area (TPSA) is 116 Å². The van der Waals surface area contributed by atoms with Crippen LogP contribution in [0.3, 0.4) is 0 Å². The van der Waals surface area contributed by atoms with Gasteiger partial charge in [0.05, 0.1) is 0 Å². The van der Waals surface area contributed by atoms with Crippen LogP contribution in [-0.4, -0.2) is 57.1 Å². The molecule has 1 aliphatic heterocycles. The van der Waals surface area contributed by atoms with Crippen molar-refractivity contribution in [2.75, 3.05) is 0 Å². The Morgan fingerprint density at radius 1 is 0.913 bits per heavy atom. The number of ether oxygens (including phenoxy) is 2. The molecule has 0 saturated carbocycles. The van der Waals surface area contributed by atoms with E-state index < -0.39 is 36.7 Å². The third-order valence-electron chi connectivity index (χ3n) is 3.78. The molecule has 2 aromatic rings. The van der Waals surface area contributed by atoms with Crippen LogP contribution >= 0.6 is 0 Å². The first-order valence-corrected chi connectivity index (χ1v) is 7.06. The molecule has 0 bridgehead atoms. The summed E-state index contributed by atoms with van der Waals surface area (Å²) < 4.78 is 10.1. The molecule has 122 valence electrons. The van der Waals surface area contributed by atoms with Crippen molar-refractivity contribution in [1.82, 2.24) is 0 Å². The van der Waals surface area contributed by atoms with Crippen molar-refractivity contribution in [2.24, 2.45) is 0 Å². The third kappa shape index (κ3) is 2.92. The maximum Gasteiger partial charge on any atom is 0.343 e. The zero-order chi connectivity index (χ0) is 16.6. The molecular weight excluding hydrogens is 304 g/mol. The van der Waals surface area contributed by atoms with E-state index in [0.29, 0.717) is 5.39 Å². The van der Waals surface area contributed by atoms with E-state index >= 15 is 0 Å². The highest BCUT2D eigenvalue weighted by atomic mass is 16.7. The number of fused-ring (bicyclic) bond motifs is 1. The van der Waals surface area contributed by atoms with Gasteiger partial charge in [-0.25, -0.2) is 4.79 Å². The molecular formula is C16H16O7. The Labute approximate surface area is 131 Å². The zero-order valence-corrected chi connectivity index (χ0v) is 11.9. The molecule has 0 radical (unpaired) electrons. The van der Waals surface area contributed by atoms with Crippen LogP contribution in [0.4, 0.5) is 0 Å². The van der Waals surface area contributed by atoms with Gasteiger partial charge in [-0.05, 0) is 11.5 Å². The normalized spacial score (nSPS) is 31.0. The summed E-state index contributed by atoms with van der Waals surface area (Å²) in [6.07, 6.45) is -8.54. The predicted molar refractivity (Wildman–Crippen MR) is 78.5 cm³/mol. The Bertz CT molecular complexity index is 711. The smallest absolute Gasteiger partial charge is 0.343 e. The molecule has 0 unspecified atom stereocenters. The number of hydrogen-bond donors (Lipinski definition) is 4. The van der Waals surface area contributed by atoms with Gasteiger partial charge in [0.25, 0.3) is 0 Å². The summed E-state index contributed by atoms with van der Waals surface area (Å²) in [5.74, 6) is -0.710. The van der Waals surface area contributed by atoms with Gasteiger partial charge in [-0.3, -0.25) is 0 Å². The predicted octanol–water partition coefficient (Wildman–Crippen LogP) is -0.455. The first-order chi connectivity index (χ1) is 11.0. The third-order valence-corrected chi connectivity index (χ3v) is 3.78. The van der Waals surface area contributed by atoms with Crippen LogP contribution in [0.2, 0.25) is 0 Å². The van der Waals surface area contributed by atoms with E-state index in [0.717, 1.165) is 5.39 Å². The lowest BCUT2D eigenvalue weighted by molar-refractivity contribution is -0.279. The summed E-state index contributed by atoms with van der Waals surface area (Å²) >= 11 is 0. The summed E-state index contributed by atoms with van der Waals surface area (Å²) in [5.41, 5.74) is 0. The minimum Gasteiger partial charge on any atom is -0.424 e. The number of hydrogen-bond acceptors (Lipinski definition) is 7. The molecule has 0 aromatic heterocycles. The largest absolute Gasteiger partial charge is 0.424 e. The van der Waals surface area contributed by atoms with Crippen LogP contribution in [0.15, 0.2) is 42.5 Å². The van der Waals surface area contributed by atoms with Crippen LogP contribution < -0.4 is 4.74 Å². The van der Waals surface area contributed by atoms with Crippen molar-refractivity contribution in [3.63, 3.8) is 0 Å². The van der Waals surface area contributed by atoms with Gasteiger partial charge in [0, 0.05) is 5.39 Å². The van der Waals surface area contributed by atoms with Crippen molar-refractivity contribution in [3.05, 3.63) is 42.5 Å². The number of carbonyl (C=O) groups is 1. The Balaban J connectivity index is 1.83. The van der Waals surface area contributed by atoms with Crippen molar-refractivity contribution >= 4 is 16.7 Å². The molecule has 0 amide bonds. The molecule has 5 atom stereocenters. The van der Waals surface area contributed by atoms with Crippen molar-refractivity contribution in [3.8, 4) is 5.75 Å². The van der Waals surface area contributed by atoms with Crippen molar-refractivity contribution in [1.29, 1.82) is 0 Å². The fraction of sp³-hybridized carbons (Fsp3) is 0.312. The second-order valence-corrected chi connectivity index (χ2v) is 5.32. The van der Waals surface area contributed by atoms with Crippen LogP contribution in [0.1, 0.15) is 0 Å². The Morgan fingerprint density at radius 3 is 2.39 bits per heavy atom. The molecule has 4 N–H and O–H groups in total. The molecule has 1 saturated heterocycles. The highest BCUT2D eigenvalue weighted by molar-refractivity contribution is 5.91. The molecule has 3 rings (SSSR count). The molecule has 7 heteroatoms. The number of carbonyl (C=O) groups excluding carboxylic acids is 1. The number of benzene rings is 2. The first-order valence-electron chi connectivity index (χ1n) is 7.06. The van der Waals surface area contributed by atoms with E-state index in [9.17, 15) is 25.2 Å². The summed E-state index contributed by atoms with van der Waals surface area (Å²) in [7, 11) is 0. The molecule has 0 aliphatic carbocycles. The molecule has 1 aliphatic rings. The number of aliphatic hydroxyl groups is 4. The van der Waals surface area contributed by atoms with Crippen LogP contribution in [-0.2, 0) is 9.53 Å². The highest BCUT2D eigenvalue weighted by Crippen LogP contribution is 2.27. The second kappa shape index (κ2) is 6.23. The summed E-state index contributed by atoms with van der Waals surface area (Å²) in [6.45, 7) is 0. The fourth-order valence-electron chi connectivity index (χ4n) is 2.51. The van der Waals surface area contributed by atoms with Gasteiger partial charge >= 0.3 is 5.97 Å². The molecule has 1 heterocycles. The monoisotopic (exact) mass is 320 g/mol. The van der Waals surface area contributed by atoms with E-state index in [1.54, 1.807) is 24.3 Å². The number of rotatable bonds is 2. The van der Waals surface area contributed by atoms with Crippen molar-refractivity contribution < 1.29 is 34.7 Å². The van der Waals surface area contributed by atoms with Crippen LogP contribution in [0.5, 0.6) is 5.75 Å². The van der Waals surface area contributed by atoms with Crippen molar-refractivity contribution in [2.45, 2.75) is 30.7 Å². The van der Waals surface area contributed by atoms with Gasteiger partial charge in [0.2, 0.25) is 0 Å². The maximum atomic E-state index is 12.2. The molecule has 23 heavy (non-hydrogen) atoms. The fourth-order valence-corrected chi connectivity index (χ4v) is 2.51. The van der Waals surface area contributed by atoms with E-state index in [1.165, 1.54) is 0 Å². The summed E-state index contributed by atoms with van der Waals surface area (Å²) in [6, 6.07) is 12.4. The van der Waals surface area contributed by atoms with E-state index in [2.05, 4.69) is 0 Å². The standard InChI is InChI=1S/C16H16O7/c17-11-12(18)14(23-15(20)13(11)19)16(21)22-10-7-3-5-8-4-1-2-6-9(8)10/h1-7,11-15,17-20H/t11-,12-,13+,14-,15+/m0/s1. The quantitative estimate of drug-likeness (QED) is 0.437. The van der Waals surface area contributed by atoms with Gasteiger partial charge in [-0.15, -0.1) is 0 Å². The zero-order valence-electron chi connectivity index (χ0n) is 11.9. The molecule has 1 fully saturated rings. The summed E-state index contributed by atoms with van der Waals surface area (Å²) in [5, 5.41) is 39.9. The number of aliphatic hydroxyl groups excluding tert-OH is 4. The number of esters is 1. The molecule has 0 spiro atoms. The average molecular weight is 320 g/mol. The lowest BCUT2D eigenvalue weighted by Gasteiger charge is -2.36. The highest BCUT2D eigenvalue weighted by Gasteiger charge is 2.47. The van der Waals surface area contributed by atoms with E-state index in [1.807, 2.05) is 18.2 Å². The second-order valence-electron chi connectivity index (χ2n) is 5.32. The minimum atomic E-state index is -1.79. The molecule has 7 nitrogen and oxygen atoms in total.